The van der Waals surface area contributed by atoms with E-state index in [1.165, 1.54) is 0 Å². The summed E-state index contributed by atoms with van der Waals surface area (Å²) in [5.41, 5.74) is 6.75. The van der Waals surface area contributed by atoms with E-state index in [4.69, 9.17) is 22.1 Å². The second kappa shape index (κ2) is 7.11. The Morgan fingerprint density at radius 2 is 2.22 bits per heavy atom. The van der Waals surface area contributed by atoms with Crippen LogP contribution in [0.3, 0.4) is 0 Å². The first-order valence-corrected chi connectivity index (χ1v) is 6.29. The Balaban J connectivity index is 2.53. The maximum Gasteiger partial charge on any atom is 0.188 e. The van der Waals surface area contributed by atoms with E-state index in [-0.39, 0.29) is 0 Å². The van der Waals surface area contributed by atoms with E-state index in [1.807, 2.05) is 26.0 Å². The Morgan fingerprint density at radius 3 is 2.78 bits per heavy atom. The van der Waals surface area contributed by atoms with Crippen molar-refractivity contribution < 1.29 is 4.74 Å². The quantitative estimate of drug-likeness (QED) is 0.636. The van der Waals surface area contributed by atoms with Gasteiger partial charge in [-0.25, -0.2) is 0 Å². The smallest absolute Gasteiger partial charge is 0.188 e. The highest BCUT2D eigenvalue weighted by Crippen LogP contribution is 2.22. The first-order chi connectivity index (χ1) is 8.52. The van der Waals surface area contributed by atoms with E-state index < -0.39 is 0 Å². The molecule has 0 bridgehead atoms. The third-order valence-electron chi connectivity index (χ3n) is 2.36. The molecule has 0 amide bonds. The number of nitrogens with one attached hydrogen (secondary N) is 1. The van der Waals surface area contributed by atoms with Crippen LogP contribution in [0.1, 0.15) is 19.4 Å². The maximum atomic E-state index is 6.13. The molecule has 0 saturated carbocycles. The highest BCUT2D eigenvalue weighted by Gasteiger charge is 2.02. The van der Waals surface area contributed by atoms with Gasteiger partial charge >= 0.3 is 0 Å². The van der Waals surface area contributed by atoms with Crippen molar-refractivity contribution in [2.45, 2.75) is 26.3 Å². The molecule has 0 spiro atoms. The number of rotatable bonds is 5. The Morgan fingerprint density at radius 1 is 1.50 bits per heavy atom. The highest BCUT2D eigenvalue weighted by molar-refractivity contribution is 6.31. The number of hydrogen-bond donors (Lipinski definition) is 2. The summed E-state index contributed by atoms with van der Waals surface area (Å²) in [6.45, 7) is 4.64. The van der Waals surface area contributed by atoms with Gasteiger partial charge in [0.2, 0.25) is 0 Å². The lowest BCUT2D eigenvalue weighted by molar-refractivity contribution is 0.414. The van der Waals surface area contributed by atoms with Crippen LogP contribution < -0.4 is 15.8 Å². The minimum atomic E-state index is 0.290. The van der Waals surface area contributed by atoms with Crippen molar-refractivity contribution in [1.29, 1.82) is 0 Å². The molecule has 0 atom stereocenters. The third-order valence-corrected chi connectivity index (χ3v) is 2.71. The number of hydrogen-bond acceptors (Lipinski definition) is 2. The van der Waals surface area contributed by atoms with Gasteiger partial charge in [-0.2, -0.15) is 0 Å². The normalized spacial score (nSPS) is 11.7. The van der Waals surface area contributed by atoms with E-state index in [1.54, 1.807) is 13.2 Å². The number of benzene rings is 1. The van der Waals surface area contributed by atoms with Crippen molar-refractivity contribution in [3.8, 4) is 5.75 Å². The van der Waals surface area contributed by atoms with Gasteiger partial charge in [-0.15, -0.1) is 0 Å². The molecule has 0 aromatic heterocycles. The summed E-state index contributed by atoms with van der Waals surface area (Å²) in [4.78, 5) is 4.24. The monoisotopic (exact) mass is 269 g/mol. The number of guanidine groups is 1. The van der Waals surface area contributed by atoms with E-state index in [0.717, 1.165) is 17.7 Å². The molecular weight excluding hydrogens is 250 g/mol. The number of methoxy groups -OCH3 is 1. The second-order valence-electron chi connectivity index (χ2n) is 4.27. The molecule has 0 aliphatic heterocycles. The van der Waals surface area contributed by atoms with Crippen LogP contribution in [0.15, 0.2) is 23.2 Å². The van der Waals surface area contributed by atoms with Crippen molar-refractivity contribution in [3.05, 3.63) is 28.8 Å². The second-order valence-corrected chi connectivity index (χ2v) is 4.68. The number of nitrogens with two attached hydrogens (primary N) is 1. The molecular formula is C13H20ClN3O. The fraction of sp³-hybridized carbons (Fsp3) is 0.462. The van der Waals surface area contributed by atoms with Gasteiger partial charge in [0.05, 0.1) is 7.11 Å². The van der Waals surface area contributed by atoms with Crippen molar-refractivity contribution in [2.24, 2.45) is 10.7 Å². The van der Waals surface area contributed by atoms with Gasteiger partial charge in [0.15, 0.2) is 5.96 Å². The van der Waals surface area contributed by atoms with Crippen LogP contribution in [0, 0.1) is 0 Å². The number of halogens is 1. The average Bonchev–Trinajstić information content (AvgIpc) is 2.30. The van der Waals surface area contributed by atoms with Gasteiger partial charge in [0.1, 0.15) is 5.75 Å². The molecule has 0 unspecified atom stereocenters. The summed E-state index contributed by atoms with van der Waals surface area (Å²) in [6, 6.07) is 5.93. The third kappa shape index (κ3) is 4.84. The minimum absolute atomic E-state index is 0.290. The molecule has 0 aliphatic carbocycles. The molecule has 1 rings (SSSR count). The molecule has 5 heteroatoms. The largest absolute Gasteiger partial charge is 0.497 e. The van der Waals surface area contributed by atoms with Gasteiger partial charge in [-0.05, 0) is 38.0 Å². The predicted octanol–water partition coefficient (Wildman–Crippen LogP) is 2.20. The number of aliphatic imine (C=N–C) groups is 1. The zero-order valence-electron chi connectivity index (χ0n) is 11.0. The molecule has 0 aliphatic rings. The van der Waals surface area contributed by atoms with E-state index in [2.05, 4.69) is 10.3 Å². The minimum Gasteiger partial charge on any atom is -0.497 e. The average molecular weight is 270 g/mol. The summed E-state index contributed by atoms with van der Waals surface area (Å²) >= 11 is 6.13. The van der Waals surface area contributed by atoms with Gasteiger partial charge in [0, 0.05) is 17.6 Å². The molecule has 0 saturated heterocycles. The van der Waals surface area contributed by atoms with Crippen LogP contribution in [-0.2, 0) is 6.42 Å². The van der Waals surface area contributed by atoms with Crippen molar-refractivity contribution in [3.63, 3.8) is 0 Å². The van der Waals surface area contributed by atoms with E-state index in [9.17, 15) is 0 Å². The Hall–Kier alpha value is -1.42. The summed E-state index contributed by atoms with van der Waals surface area (Å²) in [6.07, 6.45) is 0.753. The highest BCUT2D eigenvalue weighted by atomic mass is 35.5. The maximum absolute atomic E-state index is 6.13. The standard InChI is InChI=1S/C13H20ClN3O/c1-9(2)17-13(15)16-7-6-10-4-5-11(18-3)8-12(10)14/h4-5,8-9H,6-7H2,1-3H3,(H3,15,16,17). The molecule has 0 radical (unpaired) electrons. The summed E-state index contributed by atoms with van der Waals surface area (Å²) in [5.74, 6) is 1.22. The summed E-state index contributed by atoms with van der Waals surface area (Å²) < 4.78 is 5.09. The van der Waals surface area contributed by atoms with Gasteiger partial charge < -0.3 is 15.8 Å². The topological polar surface area (TPSA) is 59.6 Å². The predicted molar refractivity (Wildman–Crippen MR) is 76.5 cm³/mol. The van der Waals surface area contributed by atoms with E-state index >= 15 is 0 Å². The van der Waals surface area contributed by atoms with Crippen LogP contribution >= 0.6 is 11.6 Å². The molecule has 18 heavy (non-hydrogen) atoms. The first-order valence-electron chi connectivity index (χ1n) is 5.91. The Kier molecular flexibility index (Phi) is 5.78. The lowest BCUT2D eigenvalue weighted by Gasteiger charge is -2.09. The molecule has 0 heterocycles. The summed E-state index contributed by atoms with van der Waals surface area (Å²) in [7, 11) is 1.62. The van der Waals surface area contributed by atoms with E-state index in [0.29, 0.717) is 23.6 Å². The van der Waals surface area contributed by atoms with Crippen LogP contribution in [0.25, 0.3) is 0 Å². The number of nitrogens with zero attached hydrogens (tertiary/aromatic N) is 1. The molecule has 1 aromatic carbocycles. The molecule has 0 fully saturated rings. The fourth-order valence-corrected chi connectivity index (χ4v) is 1.76. The lowest BCUT2D eigenvalue weighted by Crippen LogP contribution is -2.36. The van der Waals surface area contributed by atoms with Gasteiger partial charge in [-0.3, -0.25) is 4.99 Å². The first kappa shape index (κ1) is 14.6. The van der Waals surface area contributed by atoms with Gasteiger partial charge in [-0.1, -0.05) is 17.7 Å². The Bertz CT molecular complexity index is 419. The molecule has 100 valence electrons. The fourth-order valence-electron chi connectivity index (χ4n) is 1.50. The van der Waals surface area contributed by atoms with Crippen molar-refractivity contribution >= 4 is 17.6 Å². The zero-order valence-corrected chi connectivity index (χ0v) is 11.8. The summed E-state index contributed by atoms with van der Waals surface area (Å²) in [5, 5.41) is 3.73. The lowest BCUT2D eigenvalue weighted by atomic mass is 10.1. The molecule has 4 nitrogen and oxygen atoms in total. The van der Waals surface area contributed by atoms with Crippen LogP contribution in [0.2, 0.25) is 5.02 Å². The van der Waals surface area contributed by atoms with Gasteiger partial charge in [0.25, 0.3) is 0 Å². The zero-order chi connectivity index (χ0) is 13.5. The van der Waals surface area contributed by atoms with Crippen LogP contribution in [-0.4, -0.2) is 25.7 Å². The Labute approximate surface area is 113 Å². The molecule has 3 N–H and O–H groups in total. The van der Waals surface area contributed by atoms with Crippen LogP contribution in [0.5, 0.6) is 5.75 Å². The van der Waals surface area contributed by atoms with Crippen LogP contribution in [0.4, 0.5) is 0 Å². The van der Waals surface area contributed by atoms with Crippen molar-refractivity contribution in [2.75, 3.05) is 13.7 Å². The SMILES string of the molecule is COc1ccc(CCN=C(N)NC(C)C)c(Cl)c1. The number of ether oxygens (including phenoxy) is 1. The molecule has 1 aromatic rings. The van der Waals surface area contributed by atoms with Crippen molar-refractivity contribution in [1.82, 2.24) is 5.32 Å².